The lowest BCUT2D eigenvalue weighted by Gasteiger charge is -2.58. The molecule has 2 aliphatic heterocycles. The number of halogens is 1. The molecule has 2 aliphatic rings. The standard InChI is InChI=1S/C11H14BrNO2S/c12-9-2-1-8(16-9)11(6-15-7-11)10(3-13)4-14-5-10/h1-2H,3-7,13H2. The molecular weight excluding hydrogens is 290 g/mol. The van der Waals surface area contributed by atoms with Crippen molar-refractivity contribution in [2.75, 3.05) is 33.0 Å². The lowest BCUT2D eigenvalue weighted by atomic mass is 9.59. The molecule has 2 N–H and O–H groups in total. The second-order valence-electron chi connectivity index (χ2n) is 4.66. The summed E-state index contributed by atoms with van der Waals surface area (Å²) in [6.07, 6.45) is 0. The van der Waals surface area contributed by atoms with Crippen molar-refractivity contribution in [1.82, 2.24) is 0 Å². The van der Waals surface area contributed by atoms with E-state index >= 15 is 0 Å². The van der Waals surface area contributed by atoms with Crippen molar-refractivity contribution in [1.29, 1.82) is 0 Å². The first kappa shape index (κ1) is 11.2. The molecule has 0 spiro atoms. The van der Waals surface area contributed by atoms with Crippen LogP contribution in [0, 0.1) is 5.41 Å². The highest BCUT2D eigenvalue weighted by molar-refractivity contribution is 9.11. The molecule has 1 aromatic rings. The number of thiophene rings is 1. The number of hydrogen-bond acceptors (Lipinski definition) is 4. The second-order valence-corrected chi connectivity index (χ2v) is 7.12. The van der Waals surface area contributed by atoms with Crippen molar-refractivity contribution < 1.29 is 9.47 Å². The van der Waals surface area contributed by atoms with E-state index < -0.39 is 0 Å². The normalized spacial score (nSPS) is 25.9. The summed E-state index contributed by atoms with van der Waals surface area (Å²) in [6, 6.07) is 4.29. The van der Waals surface area contributed by atoms with Gasteiger partial charge in [-0.15, -0.1) is 11.3 Å². The average molecular weight is 304 g/mol. The summed E-state index contributed by atoms with van der Waals surface area (Å²) in [5.74, 6) is 0. The minimum Gasteiger partial charge on any atom is -0.380 e. The zero-order valence-corrected chi connectivity index (χ0v) is 11.3. The summed E-state index contributed by atoms with van der Waals surface area (Å²) in [4.78, 5) is 1.37. The van der Waals surface area contributed by atoms with Gasteiger partial charge in [-0.3, -0.25) is 0 Å². The van der Waals surface area contributed by atoms with Gasteiger partial charge in [0.2, 0.25) is 0 Å². The maximum absolute atomic E-state index is 5.97. The van der Waals surface area contributed by atoms with Crippen LogP contribution in [0.1, 0.15) is 4.88 Å². The fourth-order valence-electron chi connectivity index (χ4n) is 2.53. The van der Waals surface area contributed by atoms with E-state index in [1.54, 1.807) is 11.3 Å². The maximum Gasteiger partial charge on any atom is 0.0701 e. The molecule has 2 fully saturated rings. The van der Waals surface area contributed by atoms with Gasteiger partial charge >= 0.3 is 0 Å². The smallest absolute Gasteiger partial charge is 0.0701 e. The molecule has 88 valence electrons. The van der Waals surface area contributed by atoms with Gasteiger partial charge in [-0.05, 0) is 28.1 Å². The number of nitrogens with two attached hydrogens (primary N) is 1. The van der Waals surface area contributed by atoms with E-state index in [0.717, 1.165) is 26.4 Å². The Bertz CT molecular complexity index is 393. The Hall–Kier alpha value is 0.0600. The molecule has 16 heavy (non-hydrogen) atoms. The lowest BCUT2D eigenvalue weighted by molar-refractivity contribution is -0.222. The molecule has 0 radical (unpaired) electrons. The highest BCUT2D eigenvalue weighted by Crippen LogP contribution is 2.53. The minimum absolute atomic E-state index is 0.0928. The third kappa shape index (κ3) is 1.29. The van der Waals surface area contributed by atoms with E-state index in [9.17, 15) is 0 Å². The Morgan fingerprint density at radius 2 is 1.94 bits per heavy atom. The van der Waals surface area contributed by atoms with Crippen LogP contribution in [0.25, 0.3) is 0 Å². The zero-order valence-electron chi connectivity index (χ0n) is 8.87. The molecule has 3 nitrogen and oxygen atoms in total. The van der Waals surface area contributed by atoms with Gasteiger partial charge in [0, 0.05) is 16.8 Å². The van der Waals surface area contributed by atoms with Gasteiger partial charge in [-0.2, -0.15) is 0 Å². The average Bonchev–Trinajstić information content (AvgIpc) is 2.55. The highest BCUT2D eigenvalue weighted by Gasteiger charge is 2.61. The Kier molecular flexibility index (Phi) is 2.64. The summed E-state index contributed by atoms with van der Waals surface area (Å²) < 4.78 is 12.0. The van der Waals surface area contributed by atoms with Crippen molar-refractivity contribution in [3.8, 4) is 0 Å². The third-order valence-electron chi connectivity index (χ3n) is 3.90. The third-order valence-corrected chi connectivity index (χ3v) is 5.73. The lowest BCUT2D eigenvalue weighted by Crippen LogP contribution is -2.69. The Morgan fingerprint density at radius 3 is 2.25 bits per heavy atom. The van der Waals surface area contributed by atoms with Gasteiger partial charge in [0.15, 0.2) is 0 Å². The molecule has 0 bridgehead atoms. The first-order valence-corrected chi connectivity index (χ1v) is 6.95. The van der Waals surface area contributed by atoms with Crippen LogP contribution in [0.4, 0.5) is 0 Å². The second kappa shape index (κ2) is 3.78. The largest absolute Gasteiger partial charge is 0.380 e. The summed E-state index contributed by atoms with van der Waals surface area (Å²) in [6.45, 7) is 3.76. The van der Waals surface area contributed by atoms with Crippen molar-refractivity contribution in [2.45, 2.75) is 5.41 Å². The Balaban J connectivity index is 1.99. The monoisotopic (exact) mass is 303 g/mol. The van der Waals surface area contributed by atoms with Crippen LogP contribution in [0.3, 0.4) is 0 Å². The van der Waals surface area contributed by atoms with Crippen molar-refractivity contribution >= 4 is 27.3 Å². The van der Waals surface area contributed by atoms with Gasteiger partial charge in [0.25, 0.3) is 0 Å². The molecule has 3 rings (SSSR count). The van der Waals surface area contributed by atoms with E-state index in [0.29, 0.717) is 6.54 Å². The van der Waals surface area contributed by atoms with E-state index in [2.05, 4.69) is 28.1 Å². The molecule has 3 heterocycles. The van der Waals surface area contributed by atoms with Crippen molar-refractivity contribution in [3.63, 3.8) is 0 Å². The van der Waals surface area contributed by atoms with Crippen LogP contribution in [0.5, 0.6) is 0 Å². The Labute approximate surface area is 107 Å². The SMILES string of the molecule is NCC1(C2(c3ccc(Br)s3)COC2)COC1. The van der Waals surface area contributed by atoms with Crippen LogP contribution < -0.4 is 5.73 Å². The Morgan fingerprint density at radius 1 is 1.25 bits per heavy atom. The molecule has 5 heteroatoms. The topological polar surface area (TPSA) is 44.5 Å². The van der Waals surface area contributed by atoms with Crippen LogP contribution in [-0.2, 0) is 14.9 Å². The number of rotatable bonds is 3. The van der Waals surface area contributed by atoms with E-state index in [4.69, 9.17) is 15.2 Å². The van der Waals surface area contributed by atoms with Crippen LogP contribution >= 0.6 is 27.3 Å². The molecule has 0 amide bonds. The first-order valence-electron chi connectivity index (χ1n) is 5.34. The van der Waals surface area contributed by atoms with E-state index in [1.165, 1.54) is 8.66 Å². The van der Waals surface area contributed by atoms with Gasteiger partial charge in [-0.25, -0.2) is 0 Å². The fourth-order valence-corrected chi connectivity index (χ4v) is 4.19. The zero-order chi connectivity index (χ0) is 11.2. The van der Waals surface area contributed by atoms with E-state index in [1.807, 2.05) is 0 Å². The summed E-state index contributed by atoms with van der Waals surface area (Å²) in [7, 11) is 0. The molecule has 0 aromatic carbocycles. The minimum atomic E-state index is 0.0928. The molecule has 0 unspecified atom stereocenters. The van der Waals surface area contributed by atoms with Crippen LogP contribution in [0.2, 0.25) is 0 Å². The maximum atomic E-state index is 5.97. The molecule has 1 aromatic heterocycles. The number of ether oxygens (including phenoxy) is 2. The summed E-state index contributed by atoms with van der Waals surface area (Å²) >= 11 is 5.31. The van der Waals surface area contributed by atoms with Crippen LogP contribution in [-0.4, -0.2) is 33.0 Å². The summed E-state index contributed by atoms with van der Waals surface area (Å²) in [5.41, 5.74) is 6.15. The van der Waals surface area contributed by atoms with Gasteiger partial charge < -0.3 is 15.2 Å². The predicted octanol–water partition coefficient (Wildman–Crippen LogP) is 1.75. The molecule has 0 aliphatic carbocycles. The molecule has 2 saturated heterocycles. The number of hydrogen-bond donors (Lipinski definition) is 1. The van der Waals surface area contributed by atoms with Crippen molar-refractivity contribution in [2.24, 2.45) is 11.1 Å². The fraction of sp³-hybridized carbons (Fsp3) is 0.636. The van der Waals surface area contributed by atoms with Gasteiger partial charge in [0.1, 0.15) is 0 Å². The summed E-state index contributed by atoms with van der Waals surface area (Å²) in [5, 5.41) is 0. The quantitative estimate of drug-likeness (QED) is 0.925. The van der Waals surface area contributed by atoms with E-state index in [-0.39, 0.29) is 10.8 Å². The highest BCUT2D eigenvalue weighted by atomic mass is 79.9. The molecule has 0 saturated carbocycles. The van der Waals surface area contributed by atoms with Gasteiger partial charge in [0.05, 0.1) is 35.6 Å². The van der Waals surface area contributed by atoms with Crippen LogP contribution in [0.15, 0.2) is 15.9 Å². The van der Waals surface area contributed by atoms with Crippen molar-refractivity contribution in [3.05, 3.63) is 20.8 Å². The molecule has 0 atom stereocenters. The first-order chi connectivity index (χ1) is 7.72. The predicted molar refractivity (Wildman–Crippen MR) is 66.8 cm³/mol. The molecular formula is C11H14BrNO2S. The van der Waals surface area contributed by atoms with Gasteiger partial charge in [-0.1, -0.05) is 0 Å².